The summed E-state index contributed by atoms with van der Waals surface area (Å²) in [7, 11) is 1.39. The van der Waals surface area contributed by atoms with Crippen LogP contribution in [0.3, 0.4) is 0 Å². The lowest BCUT2D eigenvalue weighted by Crippen LogP contribution is -2.23. The average Bonchev–Trinajstić information content (AvgIpc) is 2.45. The van der Waals surface area contributed by atoms with E-state index in [1.54, 1.807) is 24.3 Å². The van der Waals surface area contributed by atoms with Crippen LogP contribution in [0.2, 0.25) is 0 Å². The summed E-state index contributed by atoms with van der Waals surface area (Å²) >= 11 is 0. The highest BCUT2D eigenvalue weighted by molar-refractivity contribution is 5.96. The van der Waals surface area contributed by atoms with Crippen LogP contribution in [0.25, 0.3) is 0 Å². The summed E-state index contributed by atoms with van der Waals surface area (Å²) in [5.74, 6) is -1.60. The van der Waals surface area contributed by atoms with E-state index >= 15 is 0 Å². The van der Waals surface area contributed by atoms with Gasteiger partial charge in [0.05, 0.1) is 0 Å². The number of methoxy groups -OCH3 is 1. The topological polar surface area (TPSA) is 58.6 Å². The number of hydrogen-bond donors (Lipinski definition) is 2. The van der Waals surface area contributed by atoms with Crippen molar-refractivity contribution in [2.45, 2.75) is 6.10 Å². The molecule has 20 heavy (non-hydrogen) atoms. The lowest BCUT2D eigenvalue weighted by atomic mass is 10.1. The third kappa shape index (κ3) is 2.95. The Balaban J connectivity index is 2.23. The van der Waals surface area contributed by atoms with Gasteiger partial charge in [-0.1, -0.05) is 36.4 Å². The van der Waals surface area contributed by atoms with Gasteiger partial charge in [0.25, 0.3) is 5.91 Å². The molecule has 104 valence electrons. The van der Waals surface area contributed by atoms with E-state index in [2.05, 4.69) is 5.32 Å². The second kappa shape index (κ2) is 6.16. The average molecular weight is 275 g/mol. The molecule has 2 aromatic carbocycles. The molecule has 4 nitrogen and oxygen atoms in total. The number of halogens is 1. The number of phenols is 1. The molecule has 0 fully saturated rings. The monoisotopic (exact) mass is 275 g/mol. The molecule has 1 amide bonds. The first kappa shape index (κ1) is 14.0. The van der Waals surface area contributed by atoms with Crippen LogP contribution in [0.5, 0.6) is 5.75 Å². The van der Waals surface area contributed by atoms with Crippen LogP contribution in [0.4, 0.5) is 10.1 Å². The molecule has 0 radical (unpaired) electrons. The maximum Gasteiger partial charge on any atom is 0.258 e. The number of carbonyl (C=O) groups excluding carboxylic acids is 1. The number of ether oxygens (including phenoxy) is 1. The molecule has 2 N–H and O–H groups in total. The fourth-order valence-corrected chi connectivity index (χ4v) is 1.85. The highest BCUT2D eigenvalue weighted by atomic mass is 19.1. The van der Waals surface area contributed by atoms with Crippen molar-refractivity contribution in [2.75, 3.05) is 12.4 Å². The van der Waals surface area contributed by atoms with Crippen LogP contribution >= 0.6 is 0 Å². The number of carbonyl (C=O) groups is 1. The van der Waals surface area contributed by atoms with Gasteiger partial charge in [-0.05, 0) is 17.7 Å². The number of aromatic hydroxyl groups is 1. The van der Waals surface area contributed by atoms with E-state index in [1.165, 1.54) is 19.2 Å². The molecule has 2 aromatic rings. The number of hydrogen-bond acceptors (Lipinski definition) is 3. The van der Waals surface area contributed by atoms with Gasteiger partial charge in [-0.3, -0.25) is 4.79 Å². The lowest BCUT2D eigenvalue weighted by Gasteiger charge is -2.16. The zero-order chi connectivity index (χ0) is 14.5. The Labute approximate surface area is 115 Å². The summed E-state index contributed by atoms with van der Waals surface area (Å²) in [4.78, 5) is 12.1. The first-order valence-electron chi connectivity index (χ1n) is 5.99. The van der Waals surface area contributed by atoms with Crippen molar-refractivity contribution >= 4 is 11.6 Å². The molecule has 0 aliphatic rings. The Hall–Kier alpha value is -2.40. The van der Waals surface area contributed by atoms with E-state index in [-0.39, 0.29) is 11.4 Å². The second-order valence-corrected chi connectivity index (χ2v) is 4.15. The predicted octanol–water partition coefficient (Wildman–Crippen LogP) is 2.86. The minimum absolute atomic E-state index is 0.254. The number of para-hydroxylation sites is 1. The Morgan fingerprint density at radius 1 is 1.20 bits per heavy atom. The Morgan fingerprint density at radius 2 is 1.90 bits per heavy atom. The number of nitrogens with one attached hydrogen (secondary N) is 1. The minimum Gasteiger partial charge on any atom is -0.506 e. The molecule has 0 aliphatic carbocycles. The number of amides is 1. The van der Waals surface area contributed by atoms with Crippen molar-refractivity contribution in [2.24, 2.45) is 0 Å². The van der Waals surface area contributed by atoms with E-state index < -0.39 is 17.8 Å². The van der Waals surface area contributed by atoms with Crippen LogP contribution in [-0.4, -0.2) is 18.1 Å². The van der Waals surface area contributed by atoms with Crippen molar-refractivity contribution < 1.29 is 19.0 Å². The van der Waals surface area contributed by atoms with E-state index in [4.69, 9.17) is 4.74 Å². The maximum atomic E-state index is 13.6. The van der Waals surface area contributed by atoms with Gasteiger partial charge >= 0.3 is 0 Å². The van der Waals surface area contributed by atoms with E-state index in [1.807, 2.05) is 6.07 Å². The van der Waals surface area contributed by atoms with Gasteiger partial charge in [0, 0.05) is 7.11 Å². The Bertz CT molecular complexity index is 581. The zero-order valence-corrected chi connectivity index (χ0v) is 10.8. The van der Waals surface area contributed by atoms with E-state index in [0.29, 0.717) is 5.56 Å². The van der Waals surface area contributed by atoms with Gasteiger partial charge in [-0.25, -0.2) is 4.39 Å². The molecule has 0 aromatic heterocycles. The molecule has 0 spiro atoms. The first-order chi connectivity index (χ1) is 9.63. The first-order valence-corrected chi connectivity index (χ1v) is 5.99. The number of anilines is 1. The number of rotatable bonds is 4. The molecule has 1 atom stereocenters. The standard InChI is InChI=1S/C15H14FNO3/c1-20-14(10-6-3-2-4-7-10)15(19)17-13-11(16)8-5-9-12(13)18/h2-9,14,18H,1H3,(H,17,19)/t14-/m1/s1. The van der Waals surface area contributed by atoms with E-state index in [0.717, 1.165) is 6.07 Å². The second-order valence-electron chi connectivity index (χ2n) is 4.15. The van der Waals surface area contributed by atoms with Crippen LogP contribution in [-0.2, 0) is 9.53 Å². The zero-order valence-electron chi connectivity index (χ0n) is 10.8. The molecular formula is C15H14FNO3. The molecule has 0 aliphatic heterocycles. The van der Waals surface area contributed by atoms with Crippen molar-refractivity contribution in [3.63, 3.8) is 0 Å². The van der Waals surface area contributed by atoms with Gasteiger partial charge in [-0.2, -0.15) is 0 Å². The van der Waals surface area contributed by atoms with Crippen LogP contribution in [0, 0.1) is 5.82 Å². The van der Waals surface area contributed by atoms with Crippen LogP contribution < -0.4 is 5.32 Å². The fraction of sp³-hybridized carbons (Fsp3) is 0.133. The largest absolute Gasteiger partial charge is 0.506 e. The summed E-state index contributed by atoms with van der Waals surface area (Å²) < 4.78 is 18.7. The van der Waals surface area contributed by atoms with Crippen molar-refractivity contribution in [1.29, 1.82) is 0 Å². The smallest absolute Gasteiger partial charge is 0.258 e. The maximum absolute atomic E-state index is 13.6. The SMILES string of the molecule is CO[C@@H](C(=O)Nc1c(O)cccc1F)c1ccccc1. The molecule has 0 heterocycles. The third-order valence-corrected chi connectivity index (χ3v) is 2.82. The molecule has 0 unspecified atom stereocenters. The summed E-state index contributed by atoms with van der Waals surface area (Å²) in [6, 6.07) is 12.6. The number of benzene rings is 2. The molecule has 0 saturated carbocycles. The normalized spacial score (nSPS) is 11.9. The minimum atomic E-state index is -0.879. The van der Waals surface area contributed by atoms with Gasteiger partial charge in [0.2, 0.25) is 0 Å². The quantitative estimate of drug-likeness (QED) is 0.843. The van der Waals surface area contributed by atoms with Crippen molar-refractivity contribution in [3.05, 3.63) is 59.9 Å². The fourth-order valence-electron chi connectivity index (χ4n) is 1.85. The van der Waals surface area contributed by atoms with Crippen LogP contribution in [0.1, 0.15) is 11.7 Å². The number of phenolic OH excluding ortho intramolecular Hbond substituents is 1. The summed E-state index contributed by atoms with van der Waals surface area (Å²) in [5.41, 5.74) is 0.388. The van der Waals surface area contributed by atoms with Crippen molar-refractivity contribution in [1.82, 2.24) is 0 Å². The van der Waals surface area contributed by atoms with Crippen LogP contribution in [0.15, 0.2) is 48.5 Å². The van der Waals surface area contributed by atoms with Gasteiger partial charge in [-0.15, -0.1) is 0 Å². The molecule has 0 saturated heterocycles. The molecular weight excluding hydrogens is 261 g/mol. The van der Waals surface area contributed by atoms with Gasteiger partial charge < -0.3 is 15.2 Å². The summed E-state index contributed by atoms with van der Waals surface area (Å²) in [6.45, 7) is 0. The van der Waals surface area contributed by atoms with Gasteiger partial charge in [0.1, 0.15) is 11.4 Å². The highest BCUT2D eigenvalue weighted by Gasteiger charge is 2.22. The van der Waals surface area contributed by atoms with Crippen molar-refractivity contribution in [3.8, 4) is 5.75 Å². The Kier molecular flexibility index (Phi) is 4.32. The third-order valence-electron chi connectivity index (χ3n) is 2.82. The predicted molar refractivity (Wildman–Crippen MR) is 72.9 cm³/mol. The summed E-state index contributed by atoms with van der Waals surface area (Å²) in [6.07, 6.45) is -0.879. The Morgan fingerprint density at radius 3 is 2.50 bits per heavy atom. The molecule has 0 bridgehead atoms. The van der Waals surface area contributed by atoms with Gasteiger partial charge in [0.15, 0.2) is 11.9 Å². The van der Waals surface area contributed by atoms with E-state index in [9.17, 15) is 14.3 Å². The molecule has 2 rings (SSSR count). The highest BCUT2D eigenvalue weighted by Crippen LogP contribution is 2.27. The summed E-state index contributed by atoms with van der Waals surface area (Å²) in [5, 5.41) is 11.9. The molecule has 5 heteroatoms. The lowest BCUT2D eigenvalue weighted by molar-refractivity contribution is -0.126.